The smallest absolute Gasteiger partial charge is 0.410 e. The molecule has 0 saturated carbocycles. The highest BCUT2D eigenvalue weighted by molar-refractivity contribution is 9.10. The number of carbonyl (C=O) groups is 2. The van der Waals surface area contributed by atoms with Crippen LogP contribution in [0.2, 0.25) is 10.3 Å². The molecule has 1 N–H and O–H groups in total. The first-order valence-corrected chi connectivity index (χ1v) is 22.3. The molecule has 0 unspecified atom stereocenters. The number of hydrogen-bond acceptors (Lipinski definition) is 10. The predicted molar refractivity (Wildman–Crippen MR) is 235 cm³/mol. The van der Waals surface area contributed by atoms with Crippen LogP contribution in [0.15, 0.2) is 29.0 Å². The van der Waals surface area contributed by atoms with Crippen LogP contribution in [-0.2, 0) is 22.6 Å². The van der Waals surface area contributed by atoms with Gasteiger partial charge in [0.2, 0.25) is 0 Å². The van der Waals surface area contributed by atoms with Gasteiger partial charge in [-0.3, -0.25) is 9.80 Å². The van der Waals surface area contributed by atoms with Gasteiger partial charge in [0.15, 0.2) is 5.15 Å². The molecule has 17 heteroatoms. The van der Waals surface area contributed by atoms with Gasteiger partial charge in [-0.25, -0.2) is 28.3 Å². The number of carbonyl (C=O) groups excluding carboxylic acids is 2. The first kappa shape index (κ1) is 49.1. The van der Waals surface area contributed by atoms with E-state index < -0.39 is 23.5 Å². The summed E-state index contributed by atoms with van der Waals surface area (Å²) in [6.45, 7) is 24.3. The minimum Gasteiger partial charge on any atom is -0.444 e. The third-order valence-corrected chi connectivity index (χ3v) is 11.8. The Kier molecular flexibility index (Phi) is 18.7. The van der Waals surface area contributed by atoms with Crippen molar-refractivity contribution in [2.75, 3.05) is 70.3 Å². The Labute approximate surface area is 368 Å². The largest absolute Gasteiger partial charge is 0.444 e. The number of nitrogens with one attached hydrogen (secondary N) is 1. The van der Waals surface area contributed by atoms with Gasteiger partial charge in [-0.2, -0.15) is 0 Å². The summed E-state index contributed by atoms with van der Waals surface area (Å²) in [5.41, 5.74) is 2.11. The van der Waals surface area contributed by atoms with Crippen molar-refractivity contribution in [1.29, 1.82) is 0 Å². The van der Waals surface area contributed by atoms with Crippen LogP contribution in [0.3, 0.4) is 0 Å². The van der Waals surface area contributed by atoms with E-state index in [0.29, 0.717) is 75.3 Å². The van der Waals surface area contributed by atoms with Crippen molar-refractivity contribution in [2.45, 2.75) is 130 Å². The molecule has 4 fully saturated rings. The van der Waals surface area contributed by atoms with Crippen LogP contribution in [0.1, 0.15) is 92.2 Å². The molecule has 4 saturated heterocycles. The number of anilines is 1. The maximum absolute atomic E-state index is 13.5. The number of aromatic nitrogens is 2. The molecule has 6 rings (SSSR count). The second-order valence-corrected chi connectivity index (χ2v) is 19.4. The van der Waals surface area contributed by atoms with E-state index in [-0.39, 0.29) is 24.3 Å². The lowest BCUT2D eigenvalue weighted by Gasteiger charge is -2.40. The van der Waals surface area contributed by atoms with Crippen LogP contribution in [0.25, 0.3) is 0 Å². The number of hydrogen-bond donors (Lipinski definition) is 1. The van der Waals surface area contributed by atoms with Gasteiger partial charge in [-0.15, -0.1) is 0 Å². The molecule has 2 atom stereocenters. The molecule has 6 heterocycles. The molecule has 0 aromatic carbocycles. The summed E-state index contributed by atoms with van der Waals surface area (Å²) >= 11 is 15.7. The van der Waals surface area contributed by atoms with E-state index in [1.807, 2.05) is 47.6 Å². The predicted octanol–water partition coefficient (Wildman–Crippen LogP) is 8.76. The van der Waals surface area contributed by atoms with E-state index in [1.165, 1.54) is 0 Å². The van der Waals surface area contributed by atoms with Gasteiger partial charge in [-0.1, -0.05) is 23.2 Å². The number of rotatable bonds is 5. The van der Waals surface area contributed by atoms with Crippen LogP contribution in [-0.4, -0.2) is 143 Å². The second kappa shape index (κ2) is 22.5. The molecule has 0 aliphatic carbocycles. The maximum atomic E-state index is 13.5. The highest BCUT2D eigenvalue weighted by atomic mass is 79.9. The van der Waals surface area contributed by atoms with E-state index >= 15 is 0 Å². The summed E-state index contributed by atoms with van der Waals surface area (Å²) in [5, 5.41) is 4.01. The van der Waals surface area contributed by atoms with Crippen LogP contribution in [0, 0.1) is 0 Å². The standard InChI is InChI=1S/C21H32ClFN4O2.C16H23BrClN3O2.C5H10FN/c1-15-13-27(20(28)29-21(2,3)4)10-9-26(15)14-16-11-18(19(22)24-12-16)25-7-5-17(23)6-8-25;1-11-9-21(15(22)23-16(2,3)4)6-5-20(11)10-12-7-13(17)14(18)19-8-12;6-5-1-3-7-4-2-5/h11-12,15,17H,5-10,13-14H2,1-4H3;7-8,11H,5-6,9-10H2,1-4H3;5,7H,1-4H2/t15-;11-;/m00./s1. The van der Waals surface area contributed by atoms with Crippen LogP contribution >= 0.6 is 39.1 Å². The van der Waals surface area contributed by atoms with Gasteiger partial charge in [0.25, 0.3) is 0 Å². The van der Waals surface area contributed by atoms with Gasteiger partial charge >= 0.3 is 12.2 Å². The number of alkyl halides is 2. The molecule has 4 aliphatic rings. The number of halogens is 5. The van der Waals surface area contributed by atoms with Gasteiger partial charge in [0.05, 0.1) is 10.2 Å². The van der Waals surface area contributed by atoms with Crippen molar-refractivity contribution in [3.8, 4) is 0 Å². The Balaban J connectivity index is 0.000000227. The second-order valence-electron chi connectivity index (χ2n) is 17.8. The number of piperazine rings is 2. The van der Waals surface area contributed by atoms with Crippen molar-refractivity contribution in [3.63, 3.8) is 0 Å². The zero-order valence-corrected chi connectivity index (χ0v) is 39.2. The summed E-state index contributed by atoms with van der Waals surface area (Å²) in [7, 11) is 0. The Morgan fingerprint density at radius 1 is 0.729 bits per heavy atom. The summed E-state index contributed by atoms with van der Waals surface area (Å²) in [5.74, 6) is 0. The SMILES string of the molecule is C[C@H]1CN(C(=O)OC(C)(C)C)CCN1Cc1cnc(Cl)c(Br)c1.C[C@H]1CN(C(=O)OC(C)(C)C)CCN1Cc1cnc(Cl)c(N2CCC(F)CC2)c1.FC1CCNCC1. The van der Waals surface area contributed by atoms with E-state index in [1.54, 1.807) is 22.2 Å². The Morgan fingerprint density at radius 2 is 1.17 bits per heavy atom. The molecule has 12 nitrogen and oxygen atoms in total. The van der Waals surface area contributed by atoms with Gasteiger partial charge in [0.1, 0.15) is 28.7 Å². The zero-order chi connectivity index (χ0) is 43.5. The Bertz CT molecular complexity index is 1660. The first-order valence-electron chi connectivity index (χ1n) is 20.8. The number of piperidine rings is 2. The summed E-state index contributed by atoms with van der Waals surface area (Å²) in [6, 6.07) is 4.52. The van der Waals surface area contributed by atoms with E-state index in [2.05, 4.69) is 65.8 Å². The van der Waals surface area contributed by atoms with Gasteiger partial charge < -0.3 is 29.5 Å². The summed E-state index contributed by atoms with van der Waals surface area (Å²) in [6.07, 6.45) is 4.34. The molecule has 2 aromatic heterocycles. The molecule has 0 bridgehead atoms. The van der Waals surface area contributed by atoms with Crippen molar-refractivity contribution in [3.05, 3.63) is 50.4 Å². The average molecular weight is 935 g/mol. The minimum absolute atomic E-state index is 0.206. The van der Waals surface area contributed by atoms with Crippen LogP contribution in [0.5, 0.6) is 0 Å². The number of ether oxygens (including phenoxy) is 2. The zero-order valence-electron chi connectivity index (χ0n) is 36.1. The van der Waals surface area contributed by atoms with Crippen molar-refractivity contribution >= 4 is 57.0 Å². The van der Waals surface area contributed by atoms with Gasteiger partial charge in [0, 0.05) is 89.9 Å². The van der Waals surface area contributed by atoms with Crippen molar-refractivity contribution < 1.29 is 27.8 Å². The number of pyridine rings is 2. The summed E-state index contributed by atoms with van der Waals surface area (Å²) in [4.78, 5) is 43.4. The molecular weight excluding hydrogens is 869 g/mol. The Morgan fingerprint density at radius 3 is 1.58 bits per heavy atom. The lowest BCUT2D eigenvalue weighted by molar-refractivity contribution is 0.00383. The quantitative estimate of drug-likeness (QED) is 0.293. The monoisotopic (exact) mass is 932 g/mol. The third-order valence-electron chi connectivity index (χ3n) is 10.4. The van der Waals surface area contributed by atoms with Crippen molar-refractivity contribution in [1.82, 2.24) is 34.9 Å². The fourth-order valence-electron chi connectivity index (χ4n) is 7.12. The molecule has 0 radical (unpaired) electrons. The van der Waals surface area contributed by atoms with E-state index in [4.69, 9.17) is 32.7 Å². The lowest BCUT2D eigenvalue weighted by atomic mass is 10.1. The molecule has 59 heavy (non-hydrogen) atoms. The fourth-order valence-corrected chi connectivity index (χ4v) is 7.85. The Hall–Kier alpha value is -2.56. The molecule has 2 amide bonds. The average Bonchev–Trinajstić information content (AvgIpc) is 3.15. The third kappa shape index (κ3) is 16.7. The van der Waals surface area contributed by atoms with Gasteiger partial charge in [-0.05, 0) is 133 Å². The first-order chi connectivity index (χ1) is 27.7. The van der Waals surface area contributed by atoms with Crippen LogP contribution < -0.4 is 10.2 Å². The van der Waals surface area contributed by atoms with E-state index in [9.17, 15) is 18.4 Å². The van der Waals surface area contributed by atoms with Crippen LogP contribution in [0.4, 0.5) is 24.1 Å². The maximum Gasteiger partial charge on any atom is 0.410 e. The van der Waals surface area contributed by atoms with Crippen molar-refractivity contribution in [2.24, 2.45) is 0 Å². The topological polar surface area (TPSA) is 107 Å². The minimum atomic E-state index is -0.719. The summed E-state index contributed by atoms with van der Waals surface area (Å²) < 4.78 is 37.4. The molecule has 332 valence electrons. The lowest BCUT2D eigenvalue weighted by Crippen LogP contribution is -2.54. The fraction of sp³-hybridized carbons (Fsp3) is 0.714. The van der Waals surface area contributed by atoms with E-state index in [0.717, 1.165) is 60.6 Å². The normalized spacial score (nSPS) is 21.5. The number of amides is 2. The highest BCUT2D eigenvalue weighted by Crippen LogP contribution is 2.29. The highest BCUT2D eigenvalue weighted by Gasteiger charge is 2.32. The molecule has 4 aliphatic heterocycles. The molecule has 0 spiro atoms. The molecule has 2 aromatic rings. The molecular formula is C42H65BrCl2F2N8O4. The number of nitrogens with zero attached hydrogens (tertiary/aromatic N) is 7.